The molecule has 0 aliphatic rings. The molecule has 5 heteroatoms. The number of rotatable bonds is 4. The lowest BCUT2D eigenvalue weighted by atomic mass is 9.96. The van der Waals surface area contributed by atoms with Crippen LogP contribution in [0.3, 0.4) is 0 Å². The quantitative estimate of drug-likeness (QED) is 0.721. The molecule has 1 aromatic rings. The van der Waals surface area contributed by atoms with E-state index in [1.807, 2.05) is 6.92 Å². The van der Waals surface area contributed by atoms with Gasteiger partial charge >= 0.3 is 6.36 Å². The summed E-state index contributed by atoms with van der Waals surface area (Å²) >= 11 is 3.53. The first kappa shape index (κ1) is 14.4. The third-order valence-electron chi connectivity index (χ3n) is 2.57. The van der Waals surface area contributed by atoms with Crippen LogP contribution < -0.4 is 4.74 Å². The average molecular weight is 311 g/mol. The minimum atomic E-state index is -4.63. The molecular weight excluding hydrogens is 297 g/mol. The van der Waals surface area contributed by atoms with Crippen LogP contribution in [0.15, 0.2) is 24.3 Å². The van der Waals surface area contributed by atoms with Gasteiger partial charge in [0.15, 0.2) is 0 Å². The number of halogens is 4. The summed E-state index contributed by atoms with van der Waals surface area (Å²) in [5.74, 6) is 0.0657. The molecular formula is C12H14BrF3O. The number of alkyl halides is 4. The van der Waals surface area contributed by atoms with Gasteiger partial charge in [-0.05, 0) is 30.0 Å². The summed E-state index contributed by atoms with van der Waals surface area (Å²) in [5, 5.41) is 0. The molecule has 2 unspecified atom stereocenters. The van der Waals surface area contributed by atoms with Crippen LogP contribution in [0.2, 0.25) is 0 Å². The summed E-state index contributed by atoms with van der Waals surface area (Å²) in [6, 6.07) is 6.01. The van der Waals surface area contributed by atoms with Gasteiger partial charge in [-0.25, -0.2) is 0 Å². The molecule has 0 spiro atoms. The molecule has 0 saturated heterocycles. The van der Waals surface area contributed by atoms with E-state index in [0.717, 1.165) is 12.0 Å². The van der Waals surface area contributed by atoms with E-state index < -0.39 is 6.36 Å². The van der Waals surface area contributed by atoms with Crippen LogP contribution in [-0.2, 0) is 0 Å². The van der Waals surface area contributed by atoms with Crippen molar-refractivity contribution in [1.29, 1.82) is 0 Å². The van der Waals surface area contributed by atoms with E-state index in [9.17, 15) is 13.2 Å². The van der Waals surface area contributed by atoms with Gasteiger partial charge in [0, 0.05) is 4.83 Å². The minimum absolute atomic E-state index is 0.184. The van der Waals surface area contributed by atoms with E-state index >= 15 is 0 Å². The van der Waals surface area contributed by atoms with Crippen molar-refractivity contribution in [1.82, 2.24) is 0 Å². The van der Waals surface area contributed by atoms with Crippen molar-refractivity contribution >= 4 is 15.9 Å². The van der Waals surface area contributed by atoms with E-state index in [-0.39, 0.29) is 11.7 Å². The van der Waals surface area contributed by atoms with Crippen LogP contribution in [0.5, 0.6) is 5.75 Å². The smallest absolute Gasteiger partial charge is 0.406 e. The molecule has 0 radical (unpaired) electrons. The van der Waals surface area contributed by atoms with Crippen LogP contribution in [0.4, 0.5) is 13.2 Å². The van der Waals surface area contributed by atoms with Crippen molar-refractivity contribution in [3.8, 4) is 5.75 Å². The molecule has 1 rings (SSSR count). The Morgan fingerprint density at radius 1 is 1.24 bits per heavy atom. The molecule has 0 aliphatic carbocycles. The van der Waals surface area contributed by atoms with E-state index in [2.05, 4.69) is 27.6 Å². The maximum absolute atomic E-state index is 12.0. The standard InChI is InChI=1S/C12H14BrF3O/c1-3-11(13)8(2)9-4-6-10(7-5-9)17-12(14,15)16/h4-8,11H,3H2,1-2H3. The van der Waals surface area contributed by atoms with Crippen LogP contribution in [-0.4, -0.2) is 11.2 Å². The Balaban J connectivity index is 2.74. The largest absolute Gasteiger partial charge is 0.573 e. The van der Waals surface area contributed by atoms with Crippen molar-refractivity contribution in [3.63, 3.8) is 0 Å². The van der Waals surface area contributed by atoms with Gasteiger partial charge in [0.2, 0.25) is 0 Å². The number of hydrogen-bond donors (Lipinski definition) is 0. The highest BCUT2D eigenvalue weighted by atomic mass is 79.9. The SMILES string of the molecule is CCC(Br)C(C)c1ccc(OC(F)(F)F)cc1. The molecule has 2 atom stereocenters. The van der Waals surface area contributed by atoms with Gasteiger partial charge in [0.05, 0.1) is 0 Å². The molecule has 0 saturated carbocycles. The van der Waals surface area contributed by atoms with Crippen molar-refractivity contribution in [2.75, 3.05) is 0 Å². The van der Waals surface area contributed by atoms with Crippen LogP contribution >= 0.6 is 15.9 Å². The van der Waals surface area contributed by atoms with Crippen LogP contribution in [0.25, 0.3) is 0 Å². The molecule has 0 heterocycles. The Bertz CT molecular complexity index is 348. The highest BCUT2D eigenvalue weighted by Crippen LogP contribution is 2.29. The van der Waals surface area contributed by atoms with Gasteiger partial charge in [-0.3, -0.25) is 0 Å². The summed E-state index contributed by atoms with van der Waals surface area (Å²) in [4.78, 5) is 0.317. The fraction of sp³-hybridized carbons (Fsp3) is 0.500. The Kier molecular flexibility index (Phi) is 4.86. The minimum Gasteiger partial charge on any atom is -0.406 e. The monoisotopic (exact) mass is 310 g/mol. The zero-order valence-electron chi connectivity index (χ0n) is 9.59. The van der Waals surface area contributed by atoms with E-state index in [4.69, 9.17) is 0 Å². The number of benzene rings is 1. The maximum atomic E-state index is 12.0. The number of ether oxygens (including phenoxy) is 1. The zero-order chi connectivity index (χ0) is 13.1. The summed E-state index contributed by atoms with van der Waals surface area (Å²) in [7, 11) is 0. The highest BCUT2D eigenvalue weighted by molar-refractivity contribution is 9.09. The third kappa shape index (κ3) is 4.58. The van der Waals surface area contributed by atoms with Gasteiger partial charge in [-0.15, -0.1) is 13.2 Å². The first-order chi connectivity index (χ1) is 7.83. The zero-order valence-corrected chi connectivity index (χ0v) is 11.2. The fourth-order valence-electron chi connectivity index (χ4n) is 1.54. The lowest BCUT2D eigenvalue weighted by Gasteiger charge is -2.17. The fourth-order valence-corrected chi connectivity index (χ4v) is 1.84. The Labute approximate surface area is 107 Å². The molecule has 1 aromatic carbocycles. The lowest BCUT2D eigenvalue weighted by molar-refractivity contribution is -0.274. The Morgan fingerprint density at radius 2 is 1.76 bits per heavy atom. The van der Waals surface area contributed by atoms with Crippen molar-refractivity contribution in [2.24, 2.45) is 0 Å². The van der Waals surface area contributed by atoms with E-state index in [1.54, 1.807) is 12.1 Å². The van der Waals surface area contributed by atoms with Crippen molar-refractivity contribution < 1.29 is 17.9 Å². The second-order valence-electron chi connectivity index (χ2n) is 3.83. The van der Waals surface area contributed by atoms with Crippen LogP contribution in [0, 0.1) is 0 Å². The Hall–Kier alpha value is -0.710. The number of hydrogen-bond acceptors (Lipinski definition) is 1. The molecule has 0 amide bonds. The molecule has 0 aromatic heterocycles. The van der Waals surface area contributed by atoms with Gasteiger partial charge < -0.3 is 4.74 Å². The highest BCUT2D eigenvalue weighted by Gasteiger charge is 2.31. The van der Waals surface area contributed by atoms with Crippen molar-refractivity contribution in [2.45, 2.75) is 37.4 Å². The average Bonchev–Trinajstić information content (AvgIpc) is 2.26. The molecule has 0 fully saturated rings. The summed E-state index contributed by atoms with van der Waals surface area (Å²) in [5.41, 5.74) is 0.989. The summed E-state index contributed by atoms with van der Waals surface area (Å²) in [6.07, 6.45) is -3.67. The lowest BCUT2D eigenvalue weighted by Crippen LogP contribution is -2.17. The van der Waals surface area contributed by atoms with E-state index in [0.29, 0.717) is 4.83 Å². The molecule has 96 valence electrons. The Morgan fingerprint density at radius 3 is 2.18 bits per heavy atom. The van der Waals surface area contributed by atoms with Gasteiger partial charge in [0.1, 0.15) is 5.75 Å². The van der Waals surface area contributed by atoms with Gasteiger partial charge in [-0.2, -0.15) is 0 Å². The second-order valence-corrected chi connectivity index (χ2v) is 5.01. The second kappa shape index (κ2) is 5.76. The predicted molar refractivity (Wildman–Crippen MR) is 64.5 cm³/mol. The molecule has 1 nitrogen and oxygen atoms in total. The molecule has 0 aliphatic heterocycles. The van der Waals surface area contributed by atoms with E-state index in [1.165, 1.54) is 12.1 Å². The van der Waals surface area contributed by atoms with Crippen molar-refractivity contribution in [3.05, 3.63) is 29.8 Å². The molecule has 17 heavy (non-hydrogen) atoms. The normalized spacial score (nSPS) is 15.4. The summed E-state index contributed by atoms with van der Waals surface area (Å²) in [6.45, 7) is 4.08. The van der Waals surface area contributed by atoms with Gasteiger partial charge in [0.25, 0.3) is 0 Å². The van der Waals surface area contributed by atoms with Crippen LogP contribution in [0.1, 0.15) is 31.7 Å². The topological polar surface area (TPSA) is 9.23 Å². The molecule has 0 bridgehead atoms. The maximum Gasteiger partial charge on any atom is 0.573 e. The molecule has 0 N–H and O–H groups in total. The first-order valence-corrected chi connectivity index (χ1v) is 6.25. The first-order valence-electron chi connectivity index (χ1n) is 5.33. The third-order valence-corrected chi connectivity index (χ3v) is 4.01. The summed E-state index contributed by atoms with van der Waals surface area (Å²) < 4.78 is 39.7. The van der Waals surface area contributed by atoms with Gasteiger partial charge in [-0.1, -0.05) is 41.9 Å². The predicted octanol–water partition coefficient (Wildman–Crippen LogP) is 4.86.